The molecule has 3 N–H and O–H groups in total. The van der Waals surface area contributed by atoms with Gasteiger partial charge in [-0.3, -0.25) is 0 Å². The average molecular weight is 183 g/mol. The molecule has 76 valence electrons. The number of rotatable bonds is 8. The first kappa shape index (κ1) is 12.4. The van der Waals surface area contributed by atoms with E-state index in [1.165, 1.54) is 0 Å². The second-order valence-electron chi connectivity index (χ2n) is 3.54. The smallest absolute Gasteiger partial charge is 0.0493 e. The molecule has 0 aromatic heterocycles. The molecule has 0 aromatic carbocycles. The van der Waals surface area contributed by atoms with Crippen LogP contribution in [0, 0.1) is 5.41 Å². The Morgan fingerprint density at radius 3 is 2.08 bits per heavy atom. The Kier molecular flexibility index (Phi) is 6.55. The first-order valence-corrected chi connectivity index (χ1v) is 4.77. The zero-order chi connectivity index (χ0) is 10.2. The third kappa shape index (κ3) is 4.25. The van der Waals surface area contributed by atoms with Crippen molar-refractivity contribution in [2.24, 2.45) is 11.1 Å². The summed E-state index contributed by atoms with van der Waals surface area (Å²) in [4.78, 5) is 0. The van der Waals surface area contributed by atoms with Gasteiger partial charge in [-0.15, -0.1) is 13.2 Å². The summed E-state index contributed by atoms with van der Waals surface area (Å²) in [5.41, 5.74) is 5.38. The van der Waals surface area contributed by atoms with E-state index in [1.54, 1.807) is 0 Å². The van der Waals surface area contributed by atoms with E-state index >= 15 is 0 Å². The van der Waals surface area contributed by atoms with Gasteiger partial charge in [0.05, 0.1) is 0 Å². The van der Waals surface area contributed by atoms with Gasteiger partial charge >= 0.3 is 0 Å². The fraction of sp³-hybridized carbons (Fsp3) is 0.636. The van der Waals surface area contributed by atoms with Crippen LogP contribution < -0.4 is 5.73 Å². The van der Waals surface area contributed by atoms with Gasteiger partial charge in [0.25, 0.3) is 0 Å². The quantitative estimate of drug-likeness (QED) is 0.564. The van der Waals surface area contributed by atoms with Crippen molar-refractivity contribution >= 4 is 0 Å². The maximum Gasteiger partial charge on any atom is 0.0493 e. The van der Waals surface area contributed by atoms with Gasteiger partial charge in [-0.05, 0) is 32.2 Å². The molecule has 0 heterocycles. The van der Waals surface area contributed by atoms with Crippen molar-refractivity contribution in [3.8, 4) is 0 Å². The van der Waals surface area contributed by atoms with Crippen LogP contribution >= 0.6 is 0 Å². The Morgan fingerprint density at radius 1 is 1.23 bits per heavy atom. The van der Waals surface area contributed by atoms with Crippen molar-refractivity contribution in [1.82, 2.24) is 0 Å². The van der Waals surface area contributed by atoms with Crippen molar-refractivity contribution in [3.05, 3.63) is 25.3 Å². The number of allylic oxidation sites excluding steroid dienone is 2. The van der Waals surface area contributed by atoms with Crippen molar-refractivity contribution in [2.75, 3.05) is 13.2 Å². The number of aliphatic hydroxyl groups excluding tert-OH is 1. The van der Waals surface area contributed by atoms with Gasteiger partial charge in [-0.1, -0.05) is 12.2 Å². The maximum absolute atomic E-state index is 9.33. The SMILES string of the molecule is C=CCC(CO)(CC=C)CCCN. The molecule has 0 amide bonds. The lowest BCUT2D eigenvalue weighted by atomic mass is 9.78. The van der Waals surface area contributed by atoms with Gasteiger partial charge in [-0.25, -0.2) is 0 Å². The molecule has 0 aliphatic rings. The lowest BCUT2D eigenvalue weighted by molar-refractivity contribution is 0.118. The Labute approximate surface area is 81.1 Å². The molecule has 0 saturated heterocycles. The number of hydrogen-bond acceptors (Lipinski definition) is 2. The van der Waals surface area contributed by atoms with Crippen LogP contribution in [0.1, 0.15) is 25.7 Å². The summed E-state index contributed by atoms with van der Waals surface area (Å²) >= 11 is 0. The first-order valence-electron chi connectivity index (χ1n) is 4.77. The molecule has 0 aliphatic carbocycles. The minimum Gasteiger partial charge on any atom is -0.396 e. The second-order valence-corrected chi connectivity index (χ2v) is 3.54. The van der Waals surface area contributed by atoms with Crippen LogP contribution in [-0.4, -0.2) is 18.3 Å². The minimum atomic E-state index is -0.0666. The molecule has 2 nitrogen and oxygen atoms in total. The zero-order valence-corrected chi connectivity index (χ0v) is 8.34. The molecule has 0 unspecified atom stereocenters. The molecule has 0 radical (unpaired) electrons. The molecule has 0 rings (SSSR count). The Hall–Kier alpha value is -0.600. The highest BCUT2D eigenvalue weighted by Crippen LogP contribution is 2.32. The summed E-state index contributed by atoms with van der Waals surface area (Å²) < 4.78 is 0. The molecular weight excluding hydrogens is 162 g/mol. The molecule has 0 fully saturated rings. The van der Waals surface area contributed by atoms with Crippen LogP contribution in [0.25, 0.3) is 0 Å². The normalized spacial score (nSPS) is 11.2. The molecule has 2 heteroatoms. The van der Waals surface area contributed by atoms with E-state index in [0.717, 1.165) is 25.7 Å². The molecule has 13 heavy (non-hydrogen) atoms. The first-order chi connectivity index (χ1) is 6.24. The summed E-state index contributed by atoms with van der Waals surface area (Å²) in [6.07, 6.45) is 7.26. The monoisotopic (exact) mass is 183 g/mol. The molecule has 0 aromatic rings. The zero-order valence-electron chi connectivity index (χ0n) is 8.34. The highest BCUT2D eigenvalue weighted by atomic mass is 16.3. The Balaban J connectivity index is 4.23. The number of nitrogens with two attached hydrogens (primary N) is 1. The largest absolute Gasteiger partial charge is 0.396 e. The predicted octanol–water partition coefficient (Wildman–Crippen LogP) is 1.86. The van der Waals surface area contributed by atoms with Crippen LogP contribution in [0.2, 0.25) is 0 Å². The van der Waals surface area contributed by atoms with Crippen LogP contribution in [0.5, 0.6) is 0 Å². The summed E-state index contributed by atoms with van der Waals surface area (Å²) in [7, 11) is 0. The van der Waals surface area contributed by atoms with E-state index in [1.807, 2.05) is 12.2 Å². The van der Waals surface area contributed by atoms with Crippen LogP contribution in [0.3, 0.4) is 0 Å². The van der Waals surface area contributed by atoms with Gasteiger partial charge in [0.2, 0.25) is 0 Å². The van der Waals surface area contributed by atoms with E-state index in [-0.39, 0.29) is 12.0 Å². The van der Waals surface area contributed by atoms with Gasteiger partial charge in [0, 0.05) is 12.0 Å². The van der Waals surface area contributed by atoms with E-state index in [9.17, 15) is 5.11 Å². The molecule has 0 spiro atoms. The van der Waals surface area contributed by atoms with E-state index in [4.69, 9.17) is 5.73 Å². The fourth-order valence-corrected chi connectivity index (χ4v) is 1.59. The van der Waals surface area contributed by atoms with E-state index in [2.05, 4.69) is 13.2 Å². The van der Waals surface area contributed by atoms with Crippen molar-refractivity contribution < 1.29 is 5.11 Å². The second kappa shape index (κ2) is 6.87. The molecule has 0 atom stereocenters. The average Bonchev–Trinajstić information content (AvgIpc) is 2.15. The molecule has 0 aliphatic heterocycles. The molecule has 0 saturated carbocycles. The van der Waals surface area contributed by atoms with Crippen molar-refractivity contribution in [2.45, 2.75) is 25.7 Å². The summed E-state index contributed by atoms with van der Waals surface area (Å²) in [6, 6.07) is 0. The van der Waals surface area contributed by atoms with E-state index < -0.39 is 0 Å². The Morgan fingerprint density at radius 2 is 1.77 bits per heavy atom. The number of aliphatic hydroxyl groups is 1. The highest BCUT2D eigenvalue weighted by Gasteiger charge is 2.25. The van der Waals surface area contributed by atoms with Gasteiger partial charge in [0.15, 0.2) is 0 Å². The maximum atomic E-state index is 9.33. The van der Waals surface area contributed by atoms with E-state index in [0.29, 0.717) is 6.54 Å². The minimum absolute atomic E-state index is 0.0666. The van der Waals surface area contributed by atoms with Crippen LogP contribution in [0.4, 0.5) is 0 Å². The lowest BCUT2D eigenvalue weighted by Crippen LogP contribution is -2.25. The molecule has 0 bridgehead atoms. The topological polar surface area (TPSA) is 46.2 Å². The van der Waals surface area contributed by atoms with Gasteiger partial charge in [0.1, 0.15) is 0 Å². The van der Waals surface area contributed by atoms with Gasteiger partial charge in [-0.2, -0.15) is 0 Å². The summed E-state index contributed by atoms with van der Waals surface area (Å²) in [5.74, 6) is 0. The fourth-order valence-electron chi connectivity index (χ4n) is 1.59. The van der Waals surface area contributed by atoms with Crippen LogP contribution in [0.15, 0.2) is 25.3 Å². The number of hydrogen-bond donors (Lipinski definition) is 2. The Bertz CT molecular complexity index is 144. The highest BCUT2D eigenvalue weighted by molar-refractivity contribution is 4.91. The van der Waals surface area contributed by atoms with Crippen LogP contribution in [-0.2, 0) is 0 Å². The molecular formula is C11H21NO. The third-order valence-corrected chi connectivity index (χ3v) is 2.40. The predicted molar refractivity (Wildman–Crippen MR) is 57.4 cm³/mol. The summed E-state index contributed by atoms with van der Waals surface area (Å²) in [5, 5.41) is 9.33. The van der Waals surface area contributed by atoms with Gasteiger partial charge < -0.3 is 10.8 Å². The lowest BCUT2D eigenvalue weighted by Gasteiger charge is -2.29. The van der Waals surface area contributed by atoms with Crippen molar-refractivity contribution in [3.63, 3.8) is 0 Å². The van der Waals surface area contributed by atoms with Crippen molar-refractivity contribution in [1.29, 1.82) is 0 Å². The summed E-state index contributed by atoms with van der Waals surface area (Å²) in [6.45, 7) is 8.28. The standard InChI is InChI=1S/C11H21NO/c1-3-6-11(10-13,7-4-2)8-5-9-12/h3-4,13H,1-2,5-10,12H2. The third-order valence-electron chi connectivity index (χ3n) is 2.40.